The molecule has 8 nitrogen and oxygen atoms in total. The van der Waals surface area contributed by atoms with Gasteiger partial charge in [0.25, 0.3) is 5.91 Å². The molecule has 43 heavy (non-hydrogen) atoms. The number of hydrogen-bond donors (Lipinski definition) is 3. The number of carbonyl (C=O) groups is 2. The van der Waals surface area contributed by atoms with Gasteiger partial charge in [0.2, 0.25) is 0 Å². The van der Waals surface area contributed by atoms with Crippen LogP contribution in [0.5, 0.6) is 5.75 Å². The predicted octanol–water partition coefficient (Wildman–Crippen LogP) is 6.75. The first-order chi connectivity index (χ1) is 20.7. The van der Waals surface area contributed by atoms with Gasteiger partial charge in [-0.3, -0.25) is 4.79 Å². The molecule has 0 aromatic heterocycles. The fourth-order valence-electron chi connectivity index (χ4n) is 5.70. The van der Waals surface area contributed by atoms with Crippen LogP contribution in [0.4, 0.5) is 40.7 Å². The molecule has 3 aromatic carbocycles. The van der Waals surface area contributed by atoms with Crippen molar-refractivity contribution in [2.24, 2.45) is 0 Å². The molecule has 228 valence electrons. The molecule has 2 fully saturated rings. The van der Waals surface area contributed by atoms with Crippen LogP contribution >= 0.6 is 0 Å². The van der Waals surface area contributed by atoms with Crippen molar-refractivity contribution in [3.05, 3.63) is 77.9 Å². The summed E-state index contributed by atoms with van der Waals surface area (Å²) in [5.74, 6) is 0.620. The van der Waals surface area contributed by atoms with Gasteiger partial charge in [0.15, 0.2) is 0 Å². The molecule has 3 aromatic rings. The lowest BCUT2D eigenvalue weighted by Gasteiger charge is -2.38. The van der Waals surface area contributed by atoms with Crippen LogP contribution in [0.25, 0.3) is 0 Å². The molecule has 0 unspecified atom stereocenters. The second-order valence-corrected chi connectivity index (χ2v) is 10.8. The Kier molecular flexibility index (Phi) is 9.27. The van der Waals surface area contributed by atoms with E-state index in [0.717, 1.165) is 68.0 Å². The zero-order valence-electron chi connectivity index (χ0n) is 24.0. The highest BCUT2D eigenvalue weighted by molar-refractivity contribution is 6.04. The number of alkyl halides is 3. The zero-order chi connectivity index (χ0) is 30.4. The van der Waals surface area contributed by atoms with E-state index in [1.807, 2.05) is 30.3 Å². The molecule has 0 spiro atoms. The highest BCUT2D eigenvalue weighted by Gasteiger charge is 2.30. The number of nitrogens with one attached hydrogen (secondary N) is 3. The largest absolute Gasteiger partial charge is 0.495 e. The van der Waals surface area contributed by atoms with Crippen LogP contribution in [-0.4, -0.2) is 51.3 Å². The van der Waals surface area contributed by atoms with Crippen molar-refractivity contribution in [3.8, 4) is 5.75 Å². The molecule has 1 aliphatic heterocycles. The van der Waals surface area contributed by atoms with Gasteiger partial charge in [0.05, 0.1) is 23.9 Å². The van der Waals surface area contributed by atoms with Crippen molar-refractivity contribution < 1.29 is 27.5 Å². The van der Waals surface area contributed by atoms with Crippen molar-refractivity contribution in [2.75, 3.05) is 53.7 Å². The first-order valence-electron chi connectivity index (χ1n) is 14.5. The summed E-state index contributed by atoms with van der Waals surface area (Å²) in [6.45, 7) is 2.84. The first-order valence-corrected chi connectivity index (χ1v) is 14.5. The van der Waals surface area contributed by atoms with Crippen molar-refractivity contribution in [2.45, 2.75) is 44.3 Å². The number of methoxy groups -OCH3 is 1. The number of amides is 3. The molecule has 1 saturated heterocycles. The molecule has 0 radical (unpaired) electrons. The molecule has 5 rings (SSSR count). The summed E-state index contributed by atoms with van der Waals surface area (Å²) in [6.07, 6.45) is 0.737. The summed E-state index contributed by atoms with van der Waals surface area (Å²) >= 11 is 0. The van der Waals surface area contributed by atoms with Gasteiger partial charge >= 0.3 is 12.2 Å². The summed E-state index contributed by atoms with van der Waals surface area (Å²) in [4.78, 5) is 30.7. The Morgan fingerprint density at radius 2 is 1.40 bits per heavy atom. The van der Waals surface area contributed by atoms with Crippen LogP contribution in [0.2, 0.25) is 0 Å². The maximum Gasteiger partial charge on any atom is 0.416 e. The van der Waals surface area contributed by atoms with Gasteiger partial charge in [0.1, 0.15) is 5.75 Å². The predicted molar refractivity (Wildman–Crippen MR) is 162 cm³/mol. The number of halogens is 3. The number of anilines is 4. The van der Waals surface area contributed by atoms with E-state index in [-0.39, 0.29) is 17.6 Å². The smallest absolute Gasteiger partial charge is 0.416 e. The molecule has 0 atom stereocenters. The van der Waals surface area contributed by atoms with Crippen LogP contribution in [0.1, 0.15) is 48.0 Å². The third kappa shape index (κ3) is 7.52. The van der Waals surface area contributed by atoms with E-state index in [9.17, 15) is 22.8 Å². The third-order valence-electron chi connectivity index (χ3n) is 7.96. The summed E-state index contributed by atoms with van der Waals surface area (Å²) < 4.78 is 44.2. The normalized spacial score (nSPS) is 16.0. The lowest BCUT2D eigenvalue weighted by molar-refractivity contribution is -0.137. The van der Waals surface area contributed by atoms with Crippen LogP contribution in [-0.2, 0) is 6.18 Å². The Labute approximate surface area is 249 Å². The van der Waals surface area contributed by atoms with Crippen LogP contribution < -0.4 is 30.5 Å². The van der Waals surface area contributed by atoms with E-state index >= 15 is 0 Å². The molecule has 3 amide bonds. The Balaban J connectivity index is 1.31. The minimum Gasteiger partial charge on any atom is -0.495 e. The van der Waals surface area contributed by atoms with Crippen molar-refractivity contribution in [1.82, 2.24) is 5.32 Å². The van der Waals surface area contributed by atoms with Gasteiger partial charge in [-0.05, 0) is 67.4 Å². The molecule has 2 aliphatic rings. The van der Waals surface area contributed by atoms with E-state index in [1.54, 1.807) is 19.2 Å². The maximum atomic E-state index is 13.6. The number of hydrogen-bond acceptors (Lipinski definition) is 5. The highest BCUT2D eigenvalue weighted by atomic mass is 19.4. The monoisotopic (exact) mass is 595 g/mol. The van der Waals surface area contributed by atoms with E-state index in [1.165, 1.54) is 18.6 Å². The second-order valence-electron chi connectivity index (χ2n) is 10.8. The van der Waals surface area contributed by atoms with E-state index in [4.69, 9.17) is 4.74 Å². The Morgan fingerprint density at radius 1 is 0.791 bits per heavy atom. The number of ether oxygens (including phenoxy) is 1. The number of benzene rings is 3. The van der Waals surface area contributed by atoms with Crippen molar-refractivity contribution >= 4 is 34.7 Å². The zero-order valence-corrected chi connectivity index (χ0v) is 24.0. The van der Waals surface area contributed by atoms with Gasteiger partial charge in [-0.2, -0.15) is 13.2 Å². The molecule has 11 heteroatoms. The van der Waals surface area contributed by atoms with E-state index in [2.05, 4.69) is 25.8 Å². The lowest BCUT2D eigenvalue weighted by atomic mass is 9.95. The van der Waals surface area contributed by atoms with Gasteiger partial charge in [0, 0.05) is 49.3 Å². The molecule has 1 saturated carbocycles. The number of rotatable bonds is 7. The van der Waals surface area contributed by atoms with Crippen LogP contribution in [0, 0.1) is 0 Å². The maximum absolute atomic E-state index is 13.6. The fraction of sp³-hybridized carbons (Fsp3) is 0.375. The summed E-state index contributed by atoms with van der Waals surface area (Å²) in [7, 11) is 1.66. The van der Waals surface area contributed by atoms with Crippen LogP contribution in [0.3, 0.4) is 0 Å². The summed E-state index contributed by atoms with van der Waals surface area (Å²) in [5.41, 5.74) is 2.08. The van der Waals surface area contributed by atoms with Crippen molar-refractivity contribution in [1.29, 1.82) is 0 Å². The number of nitrogens with zero attached hydrogens (tertiary/aromatic N) is 2. The SMILES string of the molecule is COc1ccccc1N1CCN(c2ccc(NC(=O)Nc3ccc(C(F)(F)F)cc3)cc2C(=O)NC2CCCCC2)CC1. The fourth-order valence-corrected chi connectivity index (χ4v) is 5.70. The van der Waals surface area contributed by atoms with Crippen LogP contribution in [0.15, 0.2) is 66.7 Å². The summed E-state index contributed by atoms with van der Waals surface area (Å²) in [5, 5.41) is 8.45. The Bertz CT molecular complexity index is 1420. The van der Waals surface area contributed by atoms with E-state index < -0.39 is 17.8 Å². The van der Waals surface area contributed by atoms with E-state index in [0.29, 0.717) is 24.3 Å². The topological polar surface area (TPSA) is 85.9 Å². The molecule has 0 bridgehead atoms. The molecule has 3 N–H and O–H groups in total. The standard InChI is InChI=1S/C32H36F3N5O3/c1-43-29-10-6-5-9-28(29)40-19-17-39(18-20-40)27-16-15-25(21-26(27)30(41)36-23-7-3-2-4-8-23)38-31(42)37-24-13-11-22(12-14-24)32(33,34)35/h5-6,9-16,21,23H,2-4,7-8,17-20H2,1H3,(H,36,41)(H2,37,38,42). The molecular formula is C32H36F3N5O3. The minimum atomic E-state index is -4.46. The Hall–Kier alpha value is -4.41. The molecule has 1 heterocycles. The Morgan fingerprint density at radius 3 is 2.05 bits per heavy atom. The molecule has 1 aliphatic carbocycles. The van der Waals surface area contributed by atoms with Crippen molar-refractivity contribution in [3.63, 3.8) is 0 Å². The van der Waals surface area contributed by atoms with Gasteiger partial charge < -0.3 is 30.5 Å². The first kappa shape index (κ1) is 30.1. The minimum absolute atomic E-state index is 0.107. The third-order valence-corrected chi connectivity index (χ3v) is 7.96. The average molecular weight is 596 g/mol. The van der Waals surface area contributed by atoms with Gasteiger partial charge in [-0.1, -0.05) is 31.4 Å². The van der Waals surface area contributed by atoms with Gasteiger partial charge in [-0.15, -0.1) is 0 Å². The number of para-hydroxylation sites is 2. The number of urea groups is 1. The van der Waals surface area contributed by atoms with Gasteiger partial charge in [-0.25, -0.2) is 4.79 Å². The quantitative estimate of drug-likeness (QED) is 0.282. The molecular weight excluding hydrogens is 559 g/mol. The number of piperazine rings is 1. The average Bonchev–Trinajstić information content (AvgIpc) is 3.01. The highest BCUT2D eigenvalue weighted by Crippen LogP contribution is 2.32. The number of carbonyl (C=O) groups excluding carboxylic acids is 2. The second kappa shape index (κ2) is 13.3. The lowest BCUT2D eigenvalue weighted by Crippen LogP contribution is -2.47. The summed E-state index contributed by atoms with van der Waals surface area (Å²) in [6, 6.07) is 16.8.